The zero-order valence-corrected chi connectivity index (χ0v) is 15.2. The van der Waals surface area contributed by atoms with Crippen molar-refractivity contribution in [3.63, 3.8) is 0 Å². The summed E-state index contributed by atoms with van der Waals surface area (Å²) >= 11 is 0. The Hall–Kier alpha value is -2.06. The Bertz CT molecular complexity index is 952. The summed E-state index contributed by atoms with van der Waals surface area (Å²) in [6, 6.07) is 10.1. The summed E-state index contributed by atoms with van der Waals surface area (Å²) in [4.78, 5) is 24.4. The number of hydrogen-bond donors (Lipinski definition) is 0. The van der Waals surface area contributed by atoms with E-state index >= 15 is 0 Å². The van der Waals surface area contributed by atoms with Crippen LogP contribution in [-0.2, 0) is 18.5 Å². The van der Waals surface area contributed by atoms with Gasteiger partial charge >= 0.3 is 0 Å². The van der Waals surface area contributed by atoms with E-state index in [1.807, 2.05) is 0 Å². The fraction of sp³-hybridized carbons (Fsp3) is 0.222. The number of rotatable bonds is 1. The van der Waals surface area contributed by atoms with Crippen molar-refractivity contribution in [3.8, 4) is 0 Å². The molecule has 2 aliphatic rings. The summed E-state index contributed by atoms with van der Waals surface area (Å²) in [5.41, 5.74) is 0.855. The molecular formula is C18H15ClO6S. The molecule has 2 aromatic rings. The average Bonchev–Trinajstić information content (AvgIpc) is 2.67. The molecule has 0 radical (unpaired) electrons. The van der Waals surface area contributed by atoms with Crippen molar-refractivity contribution in [2.45, 2.75) is 4.90 Å². The topological polar surface area (TPSA) is 86.7 Å². The van der Waals surface area contributed by atoms with Gasteiger partial charge < -0.3 is 9.47 Å². The molecule has 0 spiro atoms. The molecular weight excluding hydrogens is 380 g/mol. The first kappa shape index (κ1) is 18.7. The highest BCUT2D eigenvalue weighted by Gasteiger charge is 2.30. The maximum absolute atomic E-state index is 12.3. The number of carbonyl (C=O) groups excluding carboxylic acids is 2. The van der Waals surface area contributed by atoms with E-state index in [0.717, 1.165) is 32.5 Å². The second kappa shape index (κ2) is 7.67. The molecule has 0 saturated carbocycles. The summed E-state index contributed by atoms with van der Waals surface area (Å²) in [6.07, 6.45) is 0. The van der Waals surface area contributed by atoms with E-state index in [4.69, 9.17) is 20.2 Å². The van der Waals surface area contributed by atoms with Gasteiger partial charge in [-0.15, -0.1) is 0 Å². The summed E-state index contributed by atoms with van der Waals surface area (Å²) in [7, 11) is 1.32. The fourth-order valence-corrected chi connectivity index (χ4v) is 3.45. The van der Waals surface area contributed by atoms with Gasteiger partial charge in [0.25, 0.3) is 9.05 Å². The Balaban J connectivity index is 0.000000278. The molecule has 1 aliphatic carbocycles. The minimum atomic E-state index is -3.95. The summed E-state index contributed by atoms with van der Waals surface area (Å²) in [5.74, 6) is -0.675. The Morgan fingerprint density at radius 3 is 1.65 bits per heavy atom. The van der Waals surface area contributed by atoms with E-state index in [2.05, 4.69) is 0 Å². The minimum absolute atomic E-state index is 0.0652. The highest BCUT2D eigenvalue weighted by Crippen LogP contribution is 2.29. The van der Waals surface area contributed by atoms with Crippen LogP contribution in [0.15, 0.2) is 47.4 Å². The van der Waals surface area contributed by atoms with Crippen LogP contribution in [0, 0.1) is 0 Å². The molecule has 1 aliphatic heterocycles. The van der Waals surface area contributed by atoms with Gasteiger partial charge in [-0.05, 0) is 18.2 Å². The molecule has 4 rings (SSSR count). The summed E-state index contributed by atoms with van der Waals surface area (Å²) in [5, 5.41) is 0. The molecule has 2 aromatic carbocycles. The van der Waals surface area contributed by atoms with Crippen molar-refractivity contribution in [1.82, 2.24) is 0 Å². The molecule has 8 heteroatoms. The zero-order chi connectivity index (χ0) is 18.7. The monoisotopic (exact) mass is 394 g/mol. The van der Waals surface area contributed by atoms with E-state index in [0.29, 0.717) is 5.56 Å². The van der Waals surface area contributed by atoms with Crippen molar-refractivity contribution < 1.29 is 27.5 Å². The van der Waals surface area contributed by atoms with E-state index in [9.17, 15) is 18.0 Å². The number of halogens is 1. The first-order chi connectivity index (χ1) is 12.4. The van der Waals surface area contributed by atoms with Crippen LogP contribution in [0.1, 0.15) is 31.8 Å². The Morgan fingerprint density at radius 1 is 0.731 bits per heavy atom. The minimum Gasteiger partial charge on any atom is -0.377 e. The molecule has 0 amide bonds. The van der Waals surface area contributed by atoms with Gasteiger partial charge in [-0.25, -0.2) is 8.42 Å². The average molecular weight is 395 g/mol. The van der Waals surface area contributed by atoms with Crippen LogP contribution in [0.2, 0.25) is 0 Å². The third kappa shape index (κ3) is 3.86. The lowest BCUT2D eigenvalue weighted by Gasteiger charge is -2.17. The second-order valence-corrected chi connectivity index (χ2v) is 8.14. The molecule has 1 saturated heterocycles. The third-order valence-electron chi connectivity index (χ3n) is 3.92. The van der Waals surface area contributed by atoms with Gasteiger partial charge in [0.1, 0.15) is 0 Å². The van der Waals surface area contributed by atoms with Gasteiger partial charge in [-0.2, -0.15) is 0 Å². The normalized spacial score (nSPS) is 16.2. The molecule has 0 N–H and O–H groups in total. The molecule has 0 aromatic heterocycles. The number of carbonyl (C=O) groups is 2. The van der Waals surface area contributed by atoms with Crippen molar-refractivity contribution >= 4 is 31.3 Å². The molecule has 1 heterocycles. The standard InChI is InChI=1S/C14H7ClO4S.C4H8O2/c15-20(18,19)8-5-6-11-12(7-8)14(17)10-4-2-1-3-9(10)13(11)16;1-2-6-4-3-5-1/h1-7H;1-4H2. The van der Waals surface area contributed by atoms with Crippen LogP contribution in [-0.4, -0.2) is 46.4 Å². The van der Waals surface area contributed by atoms with E-state index in [1.165, 1.54) is 12.1 Å². The predicted molar refractivity (Wildman–Crippen MR) is 94.4 cm³/mol. The molecule has 1 fully saturated rings. The lowest BCUT2D eigenvalue weighted by atomic mass is 9.84. The van der Waals surface area contributed by atoms with Crippen molar-refractivity contribution in [2.24, 2.45) is 0 Å². The van der Waals surface area contributed by atoms with Crippen LogP contribution in [0.3, 0.4) is 0 Å². The van der Waals surface area contributed by atoms with Crippen molar-refractivity contribution in [2.75, 3.05) is 26.4 Å². The van der Waals surface area contributed by atoms with Crippen LogP contribution in [0.5, 0.6) is 0 Å². The molecule has 0 unspecified atom stereocenters. The van der Waals surface area contributed by atoms with E-state index in [1.54, 1.807) is 24.3 Å². The number of ketones is 2. The third-order valence-corrected chi connectivity index (χ3v) is 5.27. The van der Waals surface area contributed by atoms with Gasteiger partial charge in [0.2, 0.25) is 0 Å². The van der Waals surface area contributed by atoms with Gasteiger partial charge in [0.05, 0.1) is 31.3 Å². The van der Waals surface area contributed by atoms with Crippen molar-refractivity contribution in [3.05, 3.63) is 64.7 Å². The molecule has 0 atom stereocenters. The second-order valence-electron chi connectivity index (χ2n) is 5.57. The Labute approximate surface area is 155 Å². The molecule has 0 bridgehead atoms. The SMILES string of the molecule is C1COCCO1.O=C1c2ccccc2C(=O)c2cc(S(=O)(=O)Cl)ccc21. The lowest BCUT2D eigenvalue weighted by Crippen LogP contribution is -2.21. The largest absolute Gasteiger partial charge is 0.377 e. The lowest BCUT2D eigenvalue weighted by molar-refractivity contribution is -0.0334. The maximum atomic E-state index is 12.3. The predicted octanol–water partition coefficient (Wildman–Crippen LogP) is 2.42. The number of hydrogen-bond acceptors (Lipinski definition) is 6. The summed E-state index contributed by atoms with van der Waals surface area (Å²) in [6.45, 7) is 3.11. The van der Waals surface area contributed by atoms with Gasteiger partial charge in [-0.1, -0.05) is 24.3 Å². The molecule has 6 nitrogen and oxygen atoms in total. The first-order valence-electron chi connectivity index (χ1n) is 7.82. The molecule has 26 heavy (non-hydrogen) atoms. The van der Waals surface area contributed by atoms with Crippen molar-refractivity contribution in [1.29, 1.82) is 0 Å². The highest BCUT2D eigenvalue weighted by molar-refractivity contribution is 8.13. The van der Waals surface area contributed by atoms with Crippen LogP contribution in [0.25, 0.3) is 0 Å². The van der Waals surface area contributed by atoms with Gasteiger partial charge in [-0.3, -0.25) is 9.59 Å². The van der Waals surface area contributed by atoms with Crippen LogP contribution < -0.4 is 0 Å². The van der Waals surface area contributed by atoms with E-state index in [-0.39, 0.29) is 33.2 Å². The Kier molecular flexibility index (Phi) is 5.52. The highest BCUT2D eigenvalue weighted by atomic mass is 35.7. The number of fused-ring (bicyclic) bond motifs is 2. The van der Waals surface area contributed by atoms with Gasteiger partial charge in [0.15, 0.2) is 11.6 Å². The van der Waals surface area contributed by atoms with E-state index < -0.39 is 9.05 Å². The molecule has 136 valence electrons. The van der Waals surface area contributed by atoms with Crippen LogP contribution >= 0.6 is 10.7 Å². The first-order valence-corrected chi connectivity index (χ1v) is 10.1. The quantitative estimate of drug-likeness (QED) is 0.589. The summed E-state index contributed by atoms with van der Waals surface area (Å²) < 4.78 is 32.5. The number of ether oxygens (including phenoxy) is 2. The zero-order valence-electron chi connectivity index (χ0n) is 13.6. The smallest absolute Gasteiger partial charge is 0.261 e. The van der Waals surface area contributed by atoms with Crippen LogP contribution in [0.4, 0.5) is 0 Å². The van der Waals surface area contributed by atoms with Gasteiger partial charge in [0, 0.05) is 32.9 Å². The number of benzene rings is 2. The maximum Gasteiger partial charge on any atom is 0.261 e. The Morgan fingerprint density at radius 2 is 1.19 bits per heavy atom. The fourth-order valence-electron chi connectivity index (χ4n) is 2.67.